The minimum Gasteiger partial charge on any atom is -0.507 e. The first-order valence-electron chi connectivity index (χ1n) is 16.2. The lowest BCUT2D eigenvalue weighted by atomic mass is 9.86. The molecule has 3 aliphatic rings. The molecule has 2 aromatic carbocycles. The summed E-state index contributed by atoms with van der Waals surface area (Å²) in [7, 11) is 1.52. The largest absolute Gasteiger partial charge is 0.507 e. The molecule has 1 spiro atoms. The Hall–Kier alpha value is -3.93. The molecule has 10 nitrogen and oxygen atoms in total. The van der Waals surface area contributed by atoms with E-state index in [2.05, 4.69) is 16.0 Å². The first-order valence-corrected chi connectivity index (χ1v) is 17.0. The highest BCUT2D eigenvalue weighted by molar-refractivity contribution is 7.14. The van der Waals surface area contributed by atoms with Crippen LogP contribution in [0.5, 0.6) is 11.5 Å². The van der Waals surface area contributed by atoms with Crippen molar-refractivity contribution in [2.45, 2.75) is 50.5 Å². The van der Waals surface area contributed by atoms with Crippen molar-refractivity contribution in [2.75, 3.05) is 53.0 Å². The number of phenols is 1. The smallest absolute Gasteiger partial charge is 0.263 e. The molecule has 0 aliphatic carbocycles. The molecule has 3 amide bonds. The number of fused-ring (bicyclic) bond motifs is 7. The average molecular weight is 647 g/mol. The molecule has 4 heterocycles. The Morgan fingerprint density at radius 2 is 1.76 bits per heavy atom. The number of methoxy groups -OCH3 is 1. The summed E-state index contributed by atoms with van der Waals surface area (Å²) in [6.45, 7) is 4.12. The summed E-state index contributed by atoms with van der Waals surface area (Å²) in [6.07, 6.45) is 4.54. The normalized spacial score (nSPS) is 19.2. The fourth-order valence-electron chi connectivity index (χ4n) is 6.66. The van der Waals surface area contributed by atoms with E-state index in [-0.39, 0.29) is 29.1 Å². The summed E-state index contributed by atoms with van der Waals surface area (Å²) in [5.41, 5.74) is 3.48. The van der Waals surface area contributed by atoms with Crippen LogP contribution in [0.15, 0.2) is 42.5 Å². The van der Waals surface area contributed by atoms with Gasteiger partial charge in [-0.3, -0.25) is 14.4 Å². The lowest BCUT2D eigenvalue weighted by molar-refractivity contribution is -0.121. The van der Waals surface area contributed by atoms with Crippen molar-refractivity contribution in [3.05, 3.63) is 68.9 Å². The number of hydrogen-bond acceptors (Lipinski definition) is 8. The topological polar surface area (TPSA) is 129 Å². The Labute approximate surface area is 273 Å². The standard InChI is InChI=1S/C35H42N4O6S/c1-44-29-8-6-24-21-27(29)33(42)38-13-3-18-39(17-2-4-31(41)37-14-9-23-5-7-28(40)26(24)20-23)34(43)30-22-25-10-19-45-35(32(25)46-30)11-15-36-16-12-35/h5-8,20-22,36,40H,2-4,9-19H2,1H3,(H,37,41)(H,38,42). The second kappa shape index (κ2) is 14.2. The van der Waals surface area contributed by atoms with E-state index >= 15 is 0 Å². The zero-order valence-electron chi connectivity index (χ0n) is 26.3. The van der Waals surface area contributed by atoms with Gasteiger partial charge in [0.05, 0.1) is 24.2 Å². The Bertz CT molecular complexity index is 1600. The van der Waals surface area contributed by atoms with E-state index in [1.54, 1.807) is 29.5 Å². The molecule has 1 fully saturated rings. The van der Waals surface area contributed by atoms with Gasteiger partial charge in [-0.2, -0.15) is 0 Å². The van der Waals surface area contributed by atoms with Gasteiger partial charge in [0.25, 0.3) is 11.8 Å². The van der Waals surface area contributed by atoms with Crippen LogP contribution in [0.1, 0.15) is 68.1 Å². The molecule has 3 aromatic rings. The van der Waals surface area contributed by atoms with Gasteiger partial charge >= 0.3 is 0 Å². The highest BCUT2D eigenvalue weighted by atomic mass is 32.1. The maximum absolute atomic E-state index is 14.0. The first-order chi connectivity index (χ1) is 22.4. The molecule has 0 unspecified atom stereocenters. The summed E-state index contributed by atoms with van der Waals surface area (Å²) in [5, 5.41) is 20.0. The number of rotatable bonds is 2. The van der Waals surface area contributed by atoms with Gasteiger partial charge in [0.2, 0.25) is 5.91 Å². The Kier molecular flexibility index (Phi) is 9.91. The number of ether oxygens (including phenoxy) is 2. The van der Waals surface area contributed by atoms with Crippen LogP contribution in [0.4, 0.5) is 0 Å². The van der Waals surface area contributed by atoms with Gasteiger partial charge in [-0.05, 0) is 98.6 Å². The summed E-state index contributed by atoms with van der Waals surface area (Å²) < 4.78 is 11.8. The zero-order chi connectivity index (χ0) is 32.1. The average Bonchev–Trinajstić information content (AvgIpc) is 3.52. The van der Waals surface area contributed by atoms with Crippen LogP contribution >= 0.6 is 11.3 Å². The predicted octanol–water partition coefficient (Wildman–Crippen LogP) is 4.00. The predicted molar refractivity (Wildman–Crippen MR) is 177 cm³/mol. The van der Waals surface area contributed by atoms with Crippen molar-refractivity contribution in [3.63, 3.8) is 0 Å². The lowest BCUT2D eigenvalue weighted by Gasteiger charge is -2.40. The van der Waals surface area contributed by atoms with Crippen molar-refractivity contribution in [1.29, 1.82) is 0 Å². The monoisotopic (exact) mass is 646 g/mol. The van der Waals surface area contributed by atoms with E-state index in [0.29, 0.717) is 85.8 Å². The van der Waals surface area contributed by atoms with Crippen molar-refractivity contribution in [1.82, 2.24) is 20.9 Å². The minimum atomic E-state index is -0.311. The van der Waals surface area contributed by atoms with Gasteiger partial charge < -0.3 is 35.4 Å². The second-order valence-corrected chi connectivity index (χ2v) is 13.2. The molecule has 0 atom stereocenters. The molecule has 1 saturated heterocycles. The van der Waals surface area contributed by atoms with Crippen LogP contribution in [0.25, 0.3) is 11.1 Å². The molecule has 6 rings (SSSR count). The van der Waals surface area contributed by atoms with E-state index in [1.165, 1.54) is 17.6 Å². The molecule has 4 N–H and O–H groups in total. The van der Waals surface area contributed by atoms with E-state index in [9.17, 15) is 19.5 Å². The molecule has 0 radical (unpaired) electrons. The van der Waals surface area contributed by atoms with Crippen LogP contribution in [0.3, 0.4) is 0 Å². The third-order valence-electron chi connectivity index (χ3n) is 9.16. The number of thiophene rings is 1. The van der Waals surface area contributed by atoms with Crippen LogP contribution in [-0.4, -0.2) is 80.7 Å². The number of nitrogens with one attached hydrogen (secondary N) is 3. The maximum Gasteiger partial charge on any atom is 0.263 e. The fraction of sp³-hybridized carbons (Fsp3) is 0.457. The molecular formula is C35H42N4O6S. The van der Waals surface area contributed by atoms with Crippen LogP contribution in [0.2, 0.25) is 0 Å². The minimum absolute atomic E-state index is 0.0467. The number of carbonyl (C=O) groups excluding carboxylic acids is 3. The third-order valence-corrected chi connectivity index (χ3v) is 10.5. The van der Waals surface area contributed by atoms with E-state index in [4.69, 9.17) is 9.47 Å². The molecule has 4 bridgehead atoms. The van der Waals surface area contributed by atoms with Gasteiger partial charge in [0.1, 0.15) is 17.1 Å². The summed E-state index contributed by atoms with van der Waals surface area (Å²) in [5.74, 6) is 0.130. The molecular weight excluding hydrogens is 604 g/mol. The third kappa shape index (κ3) is 6.91. The zero-order valence-corrected chi connectivity index (χ0v) is 27.1. The quantitative estimate of drug-likeness (QED) is 0.332. The maximum atomic E-state index is 14.0. The van der Waals surface area contributed by atoms with Crippen LogP contribution in [0, 0.1) is 0 Å². The second-order valence-electron chi connectivity index (χ2n) is 12.2. The number of carbonyl (C=O) groups is 3. The molecule has 0 saturated carbocycles. The Balaban J connectivity index is 1.22. The Morgan fingerprint density at radius 1 is 0.935 bits per heavy atom. The van der Waals surface area contributed by atoms with Crippen LogP contribution < -0.4 is 20.7 Å². The molecule has 46 heavy (non-hydrogen) atoms. The van der Waals surface area contributed by atoms with Crippen LogP contribution in [-0.2, 0) is 28.0 Å². The SMILES string of the molecule is COc1ccc2cc1C(=O)NCCCN(C(=O)c1cc3c(s1)C1(CCNCC1)OCC3)CCCC(=O)NCCc1ccc(O)c-2c1. The van der Waals surface area contributed by atoms with Crippen molar-refractivity contribution in [3.8, 4) is 22.6 Å². The van der Waals surface area contributed by atoms with Gasteiger partial charge in [0.15, 0.2) is 0 Å². The summed E-state index contributed by atoms with van der Waals surface area (Å²) in [4.78, 5) is 43.7. The van der Waals surface area contributed by atoms with Gasteiger partial charge in [-0.25, -0.2) is 0 Å². The number of aromatic hydroxyl groups is 1. The van der Waals surface area contributed by atoms with Gasteiger partial charge in [-0.15, -0.1) is 11.3 Å². The lowest BCUT2D eigenvalue weighted by Crippen LogP contribution is -2.44. The number of amides is 3. The molecule has 244 valence electrons. The Morgan fingerprint density at radius 3 is 2.59 bits per heavy atom. The molecule has 1 aromatic heterocycles. The van der Waals surface area contributed by atoms with E-state index in [0.717, 1.165) is 37.9 Å². The molecule has 11 heteroatoms. The summed E-state index contributed by atoms with van der Waals surface area (Å²) >= 11 is 1.55. The van der Waals surface area contributed by atoms with Crippen molar-refractivity contribution >= 4 is 29.1 Å². The highest BCUT2D eigenvalue weighted by Gasteiger charge is 2.41. The van der Waals surface area contributed by atoms with Gasteiger partial charge in [0, 0.05) is 43.0 Å². The number of hydrogen-bond donors (Lipinski definition) is 4. The first kappa shape index (κ1) is 32.0. The van der Waals surface area contributed by atoms with Gasteiger partial charge in [-0.1, -0.05) is 12.1 Å². The fourth-order valence-corrected chi connectivity index (χ4v) is 8.03. The van der Waals surface area contributed by atoms with Crippen molar-refractivity contribution < 1.29 is 29.0 Å². The molecule has 3 aliphatic heterocycles. The number of nitrogens with zero attached hydrogens (tertiary/aromatic N) is 1. The van der Waals surface area contributed by atoms with E-state index in [1.807, 2.05) is 29.2 Å². The number of piperidine rings is 1. The summed E-state index contributed by atoms with van der Waals surface area (Å²) in [6, 6.07) is 12.6. The van der Waals surface area contributed by atoms with Crippen molar-refractivity contribution in [2.24, 2.45) is 0 Å². The number of benzene rings is 2. The highest BCUT2D eigenvalue weighted by Crippen LogP contribution is 2.44. The van der Waals surface area contributed by atoms with E-state index < -0.39 is 0 Å². The number of phenolic OH excluding ortho intramolecular Hbond substituents is 1.